The van der Waals surface area contributed by atoms with E-state index in [1.54, 1.807) is 0 Å². The number of piperazine rings is 1. The van der Waals surface area contributed by atoms with Crippen LogP contribution in [0.25, 0.3) is 0 Å². The van der Waals surface area contributed by atoms with Gasteiger partial charge in [-0.05, 0) is 37.1 Å². The molecule has 1 unspecified atom stereocenters. The number of benzene rings is 2. The van der Waals surface area contributed by atoms with E-state index in [-0.39, 0.29) is 11.9 Å². The lowest BCUT2D eigenvalue weighted by Gasteiger charge is -2.39. The van der Waals surface area contributed by atoms with E-state index in [1.165, 1.54) is 11.3 Å². The molecule has 0 spiro atoms. The van der Waals surface area contributed by atoms with Gasteiger partial charge in [0.2, 0.25) is 5.91 Å². The Morgan fingerprint density at radius 3 is 2.32 bits per heavy atom. The Balaban J connectivity index is 1.39. The third kappa shape index (κ3) is 3.14. The van der Waals surface area contributed by atoms with Crippen molar-refractivity contribution in [2.45, 2.75) is 19.4 Å². The monoisotopic (exact) mass is 335 g/mol. The average molecular weight is 335 g/mol. The third-order valence-corrected chi connectivity index (χ3v) is 5.49. The van der Waals surface area contributed by atoms with Crippen molar-refractivity contribution in [3.8, 4) is 0 Å². The van der Waals surface area contributed by atoms with Gasteiger partial charge in [-0.3, -0.25) is 9.69 Å². The van der Waals surface area contributed by atoms with Gasteiger partial charge in [0, 0.05) is 44.1 Å². The van der Waals surface area contributed by atoms with Crippen LogP contribution in [0.1, 0.15) is 12.5 Å². The van der Waals surface area contributed by atoms with Crippen LogP contribution in [-0.2, 0) is 11.2 Å². The average Bonchev–Trinajstić information content (AvgIpc) is 3.12. The SMILES string of the molecule is CC(C(=O)N1CCc2ccccc21)N1CCN(c2ccccc2)CC1. The number of amides is 1. The Labute approximate surface area is 149 Å². The van der Waals surface area contributed by atoms with Crippen LogP contribution in [0.4, 0.5) is 11.4 Å². The van der Waals surface area contributed by atoms with Gasteiger partial charge in [0.25, 0.3) is 0 Å². The van der Waals surface area contributed by atoms with Gasteiger partial charge in [-0.1, -0.05) is 36.4 Å². The lowest BCUT2D eigenvalue weighted by atomic mass is 10.1. The smallest absolute Gasteiger partial charge is 0.244 e. The second-order valence-corrected chi connectivity index (χ2v) is 6.90. The van der Waals surface area contributed by atoms with Gasteiger partial charge in [0.15, 0.2) is 0 Å². The summed E-state index contributed by atoms with van der Waals surface area (Å²) < 4.78 is 0. The van der Waals surface area contributed by atoms with Crippen LogP contribution in [0.3, 0.4) is 0 Å². The minimum absolute atomic E-state index is 0.0657. The Morgan fingerprint density at radius 1 is 0.880 bits per heavy atom. The van der Waals surface area contributed by atoms with E-state index in [0.29, 0.717) is 0 Å². The molecule has 1 amide bonds. The zero-order valence-electron chi connectivity index (χ0n) is 14.8. The van der Waals surface area contributed by atoms with Crippen molar-refractivity contribution in [2.75, 3.05) is 42.5 Å². The number of fused-ring (bicyclic) bond motifs is 1. The minimum Gasteiger partial charge on any atom is -0.369 e. The predicted octanol–water partition coefficient (Wildman–Crippen LogP) is 2.79. The molecule has 2 aliphatic heterocycles. The van der Waals surface area contributed by atoms with Crippen molar-refractivity contribution in [1.29, 1.82) is 0 Å². The summed E-state index contributed by atoms with van der Waals surface area (Å²) in [7, 11) is 0. The van der Waals surface area contributed by atoms with Gasteiger partial charge in [-0.15, -0.1) is 0 Å². The molecule has 2 aromatic carbocycles. The quantitative estimate of drug-likeness (QED) is 0.863. The maximum Gasteiger partial charge on any atom is 0.244 e. The maximum atomic E-state index is 13.0. The van der Waals surface area contributed by atoms with Crippen LogP contribution in [-0.4, -0.2) is 49.6 Å². The number of para-hydroxylation sites is 2. The summed E-state index contributed by atoms with van der Waals surface area (Å²) in [5.74, 6) is 0.234. The van der Waals surface area contributed by atoms with Crippen molar-refractivity contribution in [3.05, 3.63) is 60.2 Å². The van der Waals surface area contributed by atoms with Crippen LogP contribution < -0.4 is 9.80 Å². The number of anilines is 2. The second-order valence-electron chi connectivity index (χ2n) is 6.90. The largest absolute Gasteiger partial charge is 0.369 e. The Bertz CT molecular complexity index is 738. The summed E-state index contributed by atoms with van der Waals surface area (Å²) in [6, 6.07) is 18.7. The van der Waals surface area contributed by atoms with E-state index >= 15 is 0 Å². The lowest BCUT2D eigenvalue weighted by molar-refractivity contribution is -0.123. The molecule has 0 saturated carbocycles. The number of nitrogens with zero attached hydrogens (tertiary/aromatic N) is 3. The summed E-state index contributed by atoms with van der Waals surface area (Å²) in [4.78, 5) is 19.7. The second kappa shape index (κ2) is 6.89. The maximum absolute atomic E-state index is 13.0. The molecule has 0 aliphatic carbocycles. The molecule has 0 radical (unpaired) electrons. The summed E-state index contributed by atoms with van der Waals surface area (Å²) in [5, 5.41) is 0. The third-order valence-electron chi connectivity index (χ3n) is 5.49. The lowest BCUT2D eigenvalue weighted by Crippen LogP contribution is -2.54. The van der Waals surface area contributed by atoms with E-state index in [4.69, 9.17) is 0 Å². The molecule has 4 nitrogen and oxygen atoms in total. The fraction of sp³-hybridized carbons (Fsp3) is 0.381. The normalized spacial score (nSPS) is 18.9. The first-order valence-corrected chi connectivity index (χ1v) is 9.17. The number of hydrogen-bond donors (Lipinski definition) is 0. The predicted molar refractivity (Wildman–Crippen MR) is 102 cm³/mol. The molecular weight excluding hydrogens is 310 g/mol. The zero-order chi connectivity index (χ0) is 17.2. The van der Waals surface area contributed by atoms with Gasteiger partial charge in [-0.25, -0.2) is 0 Å². The van der Waals surface area contributed by atoms with E-state index in [1.807, 2.05) is 17.0 Å². The van der Waals surface area contributed by atoms with Crippen molar-refractivity contribution in [2.24, 2.45) is 0 Å². The molecule has 2 aromatic rings. The van der Waals surface area contributed by atoms with E-state index in [2.05, 4.69) is 59.2 Å². The van der Waals surface area contributed by atoms with Crippen LogP contribution in [0, 0.1) is 0 Å². The molecule has 2 aliphatic rings. The molecule has 0 aromatic heterocycles. The Hall–Kier alpha value is -2.33. The van der Waals surface area contributed by atoms with Gasteiger partial charge in [0.05, 0.1) is 6.04 Å². The molecule has 2 heterocycles. The number of carbonyl (C=O) groups is 1. The van der Waals surface area contributed by atoms with Crippen LogP contribution in [0.2, 0.25) is 0 Å². The first kappa shape index (κ1) is 16.2. The highest BCUT2D eigenvalue weighted by molar-refractivity contribution is 5.98. The first-order valence-electron chi connectivity index (χ1n) is 9.17. The van der Waals surface area contributed by atoms with Crippen molar-refractivity contribution < 1.29 is 4.79 Å². The summed E-state index contributed by atoms with van der Waals surface area (Å²) in [5.41, 5.74) is 3.66. The minimum atomic E-state index is -0.0657. The molecule has 1 atom stereocenters. The van der Waals surface area contributed by atoms with Crippen LogP contribution in [0.15, 0.2) is 54.6 Å². The molecule has 0 bridgehead atoms. The van der Waals surface area contributed by atoms with Gasteiger partial charge in [0.1, 0.15) is 0 Å². The molecule has 4 heteroatoms. The highest BCUT2D eigenvalue weighted by Crippen LogP contribution is 2.28. The zero-order valence-corrected chi connectivity index (χ0v) is 14.8. The van der Waals surface area contributed by atoms with Gasteiger partial charge < -0.3 is 9.80 Å². The fourth-order valence-electron chi connectivity index (χ4n) is 3.96. The molecular formula is C21H25N3O. The standard InChI is InChI=1S/C21H25N3O/c1-17(21(25)24-12-11-18-7-5-6-10-20(18)24)22-13-15-23(16-14-22)19-8-3-2-4-9-19/h2-10,17H,11-16H2,1H3. The Kier molecular flexibility index (Phi) is 4.45. The van der Waals surface area contributed by atoms with Crippen molar-refractivity contribution >= 4 is 17.3 Å². The summed E-state index contributed by atoms with van der Waals surface area (Å²) in [6.45, 7) is 6.67. The van der Waals surface area contributed by atoms with E-state index in [0.717, 1.165) is 44.8 Å². The van der Waals surface area contributed by atoms with Gasteiger partial charge in [-0.2, -0.15) is 0 Å². The highest BCUT2D eigenvalue weighted by atomic mass is 16.2. The molecule has 1 fully saturated rings. The van der Waals surface area contributed by atoms with E-state index < -0.39 is 0 Å². The first-order chi connectivity index (χ1) is 12.2. The van der Waals surface area contributed by atoms with Crippen molar-refractivity contribution in [1.82, 2.24) is 4.90 Å². The molecule has 4 rings (SSSR count). The van der Waals surface area contributed by atoms with Crippen molar-refractivity contribution in [3.63, 3.8) is 0 Å². The van der Waals surface area contributed by atoms with Crippen LogP contribution in [0.5, 0.6) is 0 Å². The molecule has 25 heavy (non-hydrogen) atoms. The van der Waals surface area contributed by atoms with E-state index in [9.17, 15) is 4.79 Å². The number of hydrogen-bond acceptors (Lipinski definition) is 3. The van der Waals surface area contributed by atoms with Gasteiger partial charge >= 0.3 is 0 Å². The molecule has 0 N–H and O–H groups in total. The number of rotatable bonds is 3. The summed E-state index contributed by atoms with van der Waals surface area (Å²) >= 11 is 0. The number of carbonyl (C=O) groups excluding carboxylic acids is 1. The van der Waals surface area contributed by atoms with Crippen LogP contribution >= 0.6 is 0 Å². The Morgan fingerprint density at radius 2 is 1.56 bits per heavy atom. The topological polar surface area (TPSA) is 26.8 Å². The highest BCUT2D eigenvalue weighted by Gasteiger charge is 2.32. The fourth-order valence-corrected chi connectivity index (χ4v) is 3.96. The summed E-state index contributed by atoms with van der Waals surface area (Å²) in [6.07, 6.45) is 0.969. The molecule has 130 valence electrons. The molecule has 1 saturated heterocycles.